The molecule has 1 saturated carbocycles. The number of carbonyl (C=O) groups excluding carboxylic acids is 1. The number of benzene rings is 1. The number of rotatable bonds is 4. The lowest BCUT2D eigenvalue weighted by Gasteiger charge is -2.28. The first-order valence-electron chi connectivity index (χ1n) is 9.89. The molecule has 0 saturated heterocycles. The van der Waals surface area contributed by atoms with E-state index in [4.69, 9.17) is 5.10 Å². The highest BCUT2D eigenvalue weighted by Gasteiger charge is 2.30. The number of aryl methyl sites for hydroxylation is 2. The molecule has 3 heterocycles. The van der Waals surface area contributed by atoms with Crippen LogP contribution in [0, 0.1) is 12.8 Å². The van der Waals surface area contributed by atoms with Crippen molar-refractivity contribution < 1.29 is 4.79 Å². The highest BCUT2D eigenvalue weighted by molar-refractivity contribution is 5.94. The highest BCUT2D eigenvalue weighted by Crippen LogP contribution is 2.33. The number of hydrogen-bond donors (Lipinski definition) is 0. The van der Waals surface area contributed by atoms with Crippen molar-refractivity contribution in [3.8, 4) is 11.5 Å². The van der Waals surface area contributed by atoms with Gasteiger partial charge in [0.15, 0.2) is 5.82 Å². The van der Waals surface area contributed by atoms with Crippen LogP contribution in [0.3, 0.4) is 0 Å². The minimum Gasteiger partial charge on any atom is -0.334 e. The van der Waals surface area contributed by atoms with Gasteiger partial charge in [-0.2, -0.15) is 5.10 Å². The summed E-state index contributed by atoms with van der Waals surface area (Å²) in [5.41, 5.74) is 4.98. The lowest BCUT2D eigenvalue weighted by Crippen LogP contribution is -2.36. The van der Waals surface area contributed by atoms with E-state index in [1.54, 1.807) is 6.33 Å². The second-order valence-electron chi connectivity index (χ2n) is 7.99. The molecule has 1 aliphatic heterocycles. The number of hydrogen-bond acceptors (Lipinski definition) is 4. The second-order valence-corrected chi connectivity index (χ2v) is 7.99. The van der Waals surface area contributed by atoms with Gasteiger partial charge in [-0.3, -0.25) is 9.48 Å². The molecule has 1 aromatic carbocycles. The number of amides is 1. The largest absolute Gasteiger partial charge is 0.334 e. The molecular formula is C21H24N6O. The molecule has 3 aromatic rings. The Labute approximate surface area is 164 Å². The van der Waals surface area contributed by atoms with Crippen LogP contribution in [0.15, 0.2) is 30.6 Å². The van der Waals surface area contributed by atoms with Gasteiger partial charge in [0, 0.05) is 43.4 Å². The van der Waals surface area contributed by atoms with Crippen molar-refractivity contribution in [3.63, 3.8) is 0 Å². The van der Waals surface area contributed by atoms with Crippen molar-refractivity contribution in [1.29, 1.82) is 0 Å². The number of fused-ring (bicyclic) bond motifs is 1. The number of aromatic nitrogens is 5. The quantitative estimate of drug-likeness (QED) is 0.702. The summed E-state index contributed by atoms with van der Waals surface area (Å²) >= 11 is 0. The molecule has 0 radical (unpaired) electrons. The van der Waals surface area contributed by atoms with E-state index in [0.29, 0.717) is 13.1 Å². The van der Waals surface area contributed by atoms with Gasteiger partial charge in [0.25, 0.3) is 5.91 Å². The van der Waals surface area contributed by atoms with Gasteiger partial charge in [-0.15, -0.1) is 10.2 Å². The van der Waals surface area contributed by atoms with Gasteiger partial charge in [-0.05, 0) is 37.8 Å². The minimum absolute atomic E-state index is 0.0728. The first-order chi connectivity index (χ1) is 13.6. The van der Waals surface area contributed by atoms with Crippen LogP contribution >= 0.6 is 0 Å². The zero-order valence-corrected chi connectivity index (χ0v) is 16.3. The van der Waals surface area contributed by atoms with Crippen molar-refractivity contribution in [2.45, 2.75) is 39.3 Å². The lowest BCUT2D eigenvalue weighted by molar-refractivity contribution is 0.0733. The maximum absolute atomic E-state index is 13.1. The van der Waals surface area contributed by atoms with Gasteiger partial charge >= 0.3 is 0 Å². The van der Waals surface area contributed by atoms with Crippen LogP contribution in [0.4, 0.5) is 0 Å². The van der Waals surface area contributed by atoms with E-state index in [1.807, 2.05) is 47.8 Å². The topological polar surface area (TPSA) is 68.8 Å². The third-order valence-corrected chi connectivity index (χ3v) is 5.77. The molecule has 0 unspecified atom stereocenters. The van der Waals surface area contributed by atoms with Gasteiger partial charge in [0.05, 0.1) is 6.54 Å². The van der Waals surface area contributed by atoms with Crippen molar-refractivity contribution in [2.24, 2.45) is 13.0 Å². The Kier molecular flexibility index (Phi) is 4.03. The van der Waals surface area contributed by atoms with Crippen LogP contribution in [0.5, 0.6) is 0 Å². The van der Waals surface area contributed by atoms with E-state index in [9.17, 15) is 4.79 Å². The Morgan fingerprint density at radius 1 is 1.29 bits per heavy atom. The molecule has 2 aromatic heterocycles. The second kappa shape index (κ2) is 6.58. The summed E-state index contributed by atoms with van der Waals surface area (Å²) in [4.78, 5) is 15.0. The molecule has 2 aliphatic rings. The molecule has 0 N–H and O–H groups in total. The Bertz CT molecular complexity index is 1050. The van der Waals surface area contributed by atoms with E-state index in [2.05, 4.69) is 14.8 Å². The fourth-order valence-electron chi connectivity index (χ4n) is 4.06. The van der Waals surface area contributed by atoms with Crippen LogP contribution in [0.2, 0.25) is 0 Å². The lowest BCUT2D eigenvalue weighted by atomic mass is 10.0. The fraction of sp³-hybridized carbons (Fsp3) is 0.429. The summed E-state index contributed by atoms with van der Waals surface area (Å²) in [6.45, 7) is 4.21. The van der Waals surface area contributed by atoms with E-state index in [0.717, 1.165) is 47.1 Å². The van der Waals surface area contributed by atoms with E-state index >= 15 is 0 Å². The summed E-state index contributed by atoms with van der Waals surface area (Å²) in [5.74, 6) is 1.62. The molecule has 28 heavy (non-hydrogen) atoms. The SMILES string of the molecule is Cc1cccc(C(=O)N2CCc3c(c(-c4nncn4CC4CC4)nn3C)C2)c1. The van der Waals surface area contributed by atoms with Crippen LogP contribution in [0.25, 0.3) is 11.5 Å². The maximum Gasteiger partial charge on any atom is 0.254 e. The monoisotopic (exact) mass is 376 g/mol. The smallest absolute Gasteiger partial charge is 0.254 e. The summed E-state index contributed by atoms with van der Waals surface area (Å²) < 4.78 is 4.05. The van der Waals surface area contributed by atoms with E-state index in [-0.39, 0.29) is 5.91 Å². The summed E-state index contributed by atoms with van der Waals surface area (Å²) in [6.07, 6.45) is 5.15. The molecular weight excluding hydrogens is 352 g/mol. The zero-order chi connectivity index (χ0) is 19.3. The molecule has 0 spiro atoms. The predicted octanol–water partition coefficient (Wildman–Crippen LogP) is 2.60. The van der Waals surface area contributed by atoms with Crippen molar-refractivity contribution in [3.05, 3.63) is 53.0 Å². The Morgan fingerprint density at radius 3 is 2.93 bits per heavy atom. The Morgan fingerprint density at radius 2 is 2.14 bits per heavy atom. The van der Waals surface area contributed by atoms with Gasteiger partial charge in [0.1, 0.15) is 12.0 Å². The summed E-state index contributed by atoms with van der Waals surface area (Å²) in [5, 5.41) is 13.3. The molecule has 144 valence electrons. The van der Waals surface area contributed by atoms with Crippen LogP contribution < -0.4 is 0 Å². The molecule has 1 aliphatic carbocycles. The van der Waals surface area contributed by atoms with Gasteiger partial charge in [-0.25, -0.2) is 0 Å². The third kappa shape index (κ3) is 3.00. The molecule has 7 heteroatoms. The Balaban J connectivity index is 1.47. The predicted molar refractivity (Wildman–Crippen MR) is 105 cm³/mol. The molecule has 1 fully saturated rings. The molecule has 7 nitrogen and oxygen atoms in total. The molecule has 5 rings (SSSR count). The Hall–Kier alpha value is -2.96. The third-order valence-electron chi connectivity index (χ3n) is 5.77. The van der Waals surface area contributed by atoms with E-state index < -0.39 is 0 Å². The molecule has 1 amide bonds. The number of carbonyl (C=O) groups is 1. The maximum atomic E-state index is 13.1. The normalized spacial score (nSPS) is 16.3. The zero-order valence-electron chi connectivity index (χ0n) is 16.3. The summed E-state index contributed by atoms with van der Waals surface area (Å²) in [6, 6.07) is 7.79. The molecule has 0 atom stereocenters. The molecule has 0 bridgehead atoms. The average Bonchev–Trinajstić information content (AvgIpc) is 3.30. The van der Waals surface area contributed by atoms with Crippen LogP contribution in [-0.2, 0) is 26.6 Å². The van der Waals surface area contributed by atoms with Crippen molar-refractivity contribution in [2.75, 3.05) is 6.54 Å². The first kappa shape index (κ1) is 17.2. The summed E-state index contributed by atoms with van der Waals surface area (Å²) in [7, 11) is 1.97. The number of nitrogens with zero attached hydrogens (tertiary/aromatic N) is 6. The van der Waals surface area contributed by atoms with Crippen LogP contribution in [0.1, 0.15) is 40.0 Å². The van der Waals surface area contributed by atoms with Gasteiger partial charge in [0.2, 0.25) is 0 Å². The standard InChI is InChI=1S/C21H24N6O/c1-14-4-3-5-16(10-14)21(28)26-9-8-18-17(12-26)19(24-25(18)2)20-23-22-13-27(20)11-15-6-7-15/h3-5,10,13,15H,6-9,11-12H2,1-2H3. The minimum atomic E-state index is 0.0728. The fourth-order valence-corrected chi connectivity index (χ4v) is 4.06. The van der Waals surface area contributed by atoms with E-state index in [1.165, 1.54) is 18.5 Å². The van der Waals surface area contributed by atoms with Gasteiger partial charge in [-0.1, -0.05) is 17.7 Å². The average molecular weight is 376 g/mol. The highest BCUT2D eigenvalue weighted by atomic mass is 16.2. The first-order valence-corrected chi connectivity index (χ1v) is 9.89. The van der Waals surface area contributed by atoms with Crippen molar-refractivity contribution in [1.82, 2.24) is 29.4 Å². The van der Waals surface area contributed by atoms with Crippen LogP contribution in [-0.4, -0.2) is 41.9 Å². The van der Waals surface area contributed by atoms with Crippen molar-refractivity contribution >= 4 is 5.91 Å². The van der Waals surface area contributed by atoms with Gasteiger partial charge < -0.3 is 9.47 Å².